The van der Waals surface area contributed by atoms with E-state index >= 15 is 0 Å². The number of hydrogen-bond donors (Lipinski definition) is 1. The minimum atomic E-state index is -0.0667. The van der Waals surface area contributed by atoms with Crippen LogP contribution in [-0.4, -0.2) is 23.7 Å². The fourth-order valence-electron chi connectivity index (χ4n) is 1.82. The molecule has 1 atom stereocenters. The quantitative estimate of drug-likeness (QED) is 0.908. The lowest BCUT2D eigenvalue weighted by Gasteiger charge is -2.35. The second-order valence-corrected chi connectivity index (χ2v) is 5.65. The molecule has 1 unspecified atom stereocenters. The summed E-state index contributed by atoms with van der Waals surface area (Å²) in [5, 5.41) is 3.99. The predicted molar refractivity (Wildman–Crippen MR) is 69.0 cm³/mol. The van der Waals surface area contributed by atoms with Gasteiger partial charge in [-0.2, -0.15) is 0 Å². The van der Waals surface area contributed by atoms with Crippen molar-refractivity contribution in [1.82, 2.24) is 4.98 Å². The van der Waals surface area contributed by atoms with Gasteiger partial charge in [-0.1, -0.05) is 11.6 Å². The fraction of sp³-hybridized carbons (Fsp3) is 0.545. The molecule has 1 N–H and O–H groups in total. The zero-order chi connectivity index (χ0) is 11.6. The van der Waals surface area contributed by atoms with Crippen LogP contribution in [0.25, 0.3) is 0 Å². The largest absolute Gasteiger partial charge is 0.379 e. The van der Waals surface area contributed by atoms with Gasteiger partial charge in [-0.25, -0.2) is 4.98 Å². The zero-order valence-corrected chi connectivity index (χ0v) is 11.4. The Morgan fingerprint density at radius 1 is 1.62 bits per heavy atom. The molecule has 2 rings (SSSR count). The predicted octanol–water partition coefficient (Wildman–Crippen LogP) is 3.48. The van der Waals surface area contributed by atoms with Crippen LogP contribution in [0.2, 0.25) is 5.02 Å². The normalized spacial score (nSPS) is 25.4. The van der Waals surface area contributed by atoms with E-state index in [9.17, 15) is 0 Å². The van der Waals surface area contributed by atoms with Gasteiger partial charge < -0.3 is 10.1 Å². The van der Waals surface area contributed by atoms with Crippen molar-refractivity contribution in [2.24, 2.45) is 0 Å². The lowest BCUT2D eigenvalue weighted by molar-refractivity contribution is 0.0539. The van der Waals surface area contributed by atoms with Gasteiger partial charge in [0.05, 0.1) is 17.2 Å². The first kappa shape index (κ1) is 12.1. The molecule has 0 bridgehead atoms. The van der Waals surface area contributed by atoms with Crippen molar-refractivity contribution in [3.8, 4) is 0 Å². The first-order valence-electron chi connectivity index (χ1n) is 5.26. The fourth-order valence-corrected chi connectivity index (χ4v) is 2.50. The van der Waals surface area contributed by atoms with Crippen molar-refractivity contribution in [2.75, 3.05) is 18.5 Å². The van der Waals surface area contributed by atoms with Crippen molar-refractivity contribution in [3.63, 3.8) is 0 Å². The number of nitrogens with one attached hydrogen (secondary N) is 1. The van der Waals surface area contributed by atoms with Crippen LogP contribution < -0.4 is 5.32 Å². The van der Waals surface area contributed by atoms with E-state index in [0.717, 1.165) is 29.7 Å². The summed E-state index contributed by atoms with van der Waals surface area (Å²) in [4.78, 5) is 4.27. The van der Waals surface area contributed by atoms with Crippen molar-refractivity contribution in [1.29, 1.82) is 0 Å². The molecule has 2 heterocycles. The van der Waals surface area contributed by atoms with Crippen LogP contribution in [0.1, 0.15) is 19.8 Å². The average molecular weight is 306 g/mol. The highest BCUT2D eigenvalue weighted by molar-refractivity contribution is 9.10. The third kappa shape index (κ3) is 2.87. The molecular formula is C11H14BrClN2O. The van der Waals surface area contributed by atoms with Crippen LogP contribution >= 0.6 is 27.5 Å². The molecule has 3 nitrogen and oxygen atoms in total. The van der Waals surface area contributed by atoms with Gasteiger partial charge in [0, 0.05) is 17.3 Å². The van der Waals surface area contributed by atoms with Crippen molar-refractivity contribution < 1.29 is 4.74 Å². The Hall–Kier alpha value is -0.320. The summed E-state index contributed by atoms with van der Waals surface area (Å²) in [6, 6.07) is 1.84. The van der Waals surface area contributed by atoms with Gasteiger partial charge in [-0.15, -0.1) is 0 Å². The number of pyridine rings is 1. The molecule has 0 amide bonds. The number of rotatable bonds is 2. The van der Waals surface area contributed by atoms with E-state index in [0.29, 0.717) is 11.6 Å². The Morgan fingerprint density at radius 3 is 3.06 bits per heavy atom. The SMILES string of the molecule is CC1(Nc2ncc(Br)cc2Cl)CCCOC1. The lowest BCUT2D eigenvalue weighted by Crippen LogP contribution is -2.43. The van der Waals surface area contributed by atoms with Gasteiger partial charge in [0.25, 0.3) is 0 Å². The Bertz CT molecular complexity index is 380. The molecule has 1 aliphatic rings. The number of anilines is 1. The zero-order valence-electron chi connectivity index (χ0n) is 9.09. The molecule has 1 aliphatic heterocycles. The van der Waals surface area contributed by atoms with Crippen LogP contribution in [-0.2, 0) is 4.74 Å². The van der Waals surface area contributed by atoms with Crippen molar-refractivity contribution in [3.05, 3.63) is 21.8 Å². The maximum atomic E-state index is 6.11. The summed E-state index contributed by atoms with van der Waals surface area (Å²) in [5.41, 5.74) is -0.0667. The number of aromatic nitrogens is 1. The summed E-state index contributed by atoms with van der Waals surface area (Å²) in [7, 11) is 0. The molecule has 0 saturated carbocycles. The highest BCUT2D eigenvalue weighted by Gasteiger charge is 2.28. The summed E-state index contributed by atoms with van der Waals surface area (Å²) in [5.74, 6) is 0.720. The van der Waals surface area contributed by atoms with E-state index in [-0.39, 0.29) is 5.54 Å². The molecule has 5 heteroatoms. The van der Waals surface area contributed by atoms with E-state index < -0.39 is 0 Å². The van der Waals surface area contributed by atoms with E-state index in [1.807, 2.05) is 6.07 Å². The van der Waals surface area contributed by atoms with Gasteiger partial charge in [-0.05, 0) is 41.8 Å². The molecule has 88 valence electrons. The number of halogens is 2. The number of hydrogen-bond acceptors (Lipinski definition) is 3. The number of ether oxygens (including phenoxy) is 1. The molecule has 0 aromatic carbocycles. The first-order chi connectivity index (χ1) is 7.59. The molecule has 1 saturated heterocycles. The molecule has 1 aromatic heterocycles. The van der Waals surface area contributed by atoms with Gasteiger partial charge >= 0.3 is 0 Å². The molecule has 1 aromatic rings. The van der Waals surface area contributed by atoms with Gasteiger partial charge in [0.2, 0.25) is 0 Å². The molecule has 0 aliphatic carbocycles. The van der Waals surface area contributed by atoms with Crippen LogP contribution in [0.4, 0.5) is 5.82 Å². The summed E-state index contributed by atoms with van der Waals surface area (Å²) in [6.45, 7) is 3.67. The molecule has 16 heavy (non-hydrogen) atoms. The average Bonchev–Trinajstić information content (AvgIpc) is 2.23. The van der Waals surface area contributed by atoms with Crippen molar-refractivity contribution >= 4 is 33.3 Å². The third-order valence-electron chi connectivity index (χ3n) is 2.67. The van der Waals surface area contributed by atoms with E-state index in [2.05, 4.69) is 33.2 Å². The Balaban J connectivity index is 2.13. The summed E-state index contributed by atoms with van der Waals surface area (Å²) in [6.07, 6.45) is 3.87. The Kier molecular flexibility index (Phi) is 3.72. The van der Waals surface area contributed by atoms with Gasteiger partial charge in [0.1, 0.15) is 5.82 Å². The van der Waals surface area contributed by atoms with E-state index in [4.69, 9.17) is 16.3 Å². The van der Waals surface area contributed by atoms with Crippen LogP contribution in [0.3, 0.4) is 0 Å². The Morgan fingerprint density at radius 2 is 2.44 bits per heavy atom. The van der Waals surface area contributed by atoms with Crippen molar-refractivity contribution in [2.45, 2.75) is 25.3 Å². The molecule has 0 spiro atoms. The highest BCUT2D eigenvalue weighted by Crippen LogP contribution is 2.28. The van der Waals surface area contributed by atoms with Gasteiger partial charge in [0.15, 0.2) is 0 Å². The lowest BCUT2D eigenvalue weighted by atomic mass is 9.95. The maximum absolute atomic E-state index is 6.11. The molecule has 1 fully saturated rings. The second kappa shape index (κ2) is 4.90. The Labute approximate surface area is 109 Å². The minimum Gasteiger partial charge on any atom is -0.379 e. The summed E-state index contributed by atoms with van der Waals surface area (Å²) >= 11 is 9.45. The minimum absolute atomic E-state index is 0.0667. The highest BCUT2D eigenvalue weighted by atomic mass is 79.9. The monoisotopic (exact) mass is 304 g/mol. The van der Waals surface area contributed by atoms with Gasteiger partial charge in [-0.3, -0.25) is 0 Å². The topological polar surface area (TPSA) is 34.2 Å². The van der Waals surface area contributed by atoms with Crippen LogP contribution in [0, 0.1) is 0 Å². The standard InChI is InChI=1S/C11H14BrClN2O/c1-11(3-2-4-16-7-11)15-10-9(13)5-8(12)6-14-10/h5-6H,2-4,7H2,1H3,(H,14,15). The summed E-state index contributed by atoms with van der Waals surface area (Å²) < 4.78 is 6.36. The van der Waals surface area contributed by atoms with E-state index in [1.54, 1.807) is 6.20 Å². The van der Waals surface area contributed by atoms with Crippen LogP contribution in [0.5, 0.6) is 0 Å². The maximum Gasteiger partial charge on any atom is 0.145 e. The molecular weight excluding hydrogens is 291 g/mol. The number of nitrogens with zero attached hydrogens (tertiary/aromatic N) is 1. The third-order valence-corrected chi connectivity index (χ3v) is 3.39. The van der Waals surface area contributed by atoms with E-state index in [1.165, 1.54) is 0 Å². The first-order valence-corrected chi connectivity index (χ1v) is 6.43. The van der Waals surface area contributed by atoms with Crippen LogP contribution in [0.15, 0.2) is 16.7 Å². The smallest absolute Gasteiger partial charge is 0.145 e. The molecule has 0 radical (unpaired) electrons. The second-order valence-electron chi connectivity index (χ2n) is 4.33.